The molecule has 2 atom stereocenters. The summed E-state index contributed by atoms with van der Waals surface area (Å²) in [6, 6.07) is 4.06. The number of hydrogen-bond donors (Lipinski definition) is 3. The molecule has 0 unspecified atom stereocenters. The molecule has 2 amide bonds. The van der Waals surface area contributed by atoms with Crippen molar-refractivity contribution in [3.63, 3.8) is 0 Å². The molecule has 1 aromatic heterocycles. The predicted octanol–water partition coefficient (Wildman–Crippen LogP) is 1.39. The van der Waals surface area contributed by atoms with E-state index in [0.717, 1.165) is 35.8 Å². The van der Waals surface area contributed by atoms with Crippen LogP contribution in [0.3, 0.4) is 0 Å². The number of benzene rings is 1. The highest BCUT2D eigenvalue weighted by atomic mass is 16.5. The van der Waals surface area contributed by atoms with Crippen molar-refractivity contribution in [2.45, 2.75) is 45.6 Å². The van der Waals surface area contributed by atoms with Gasteiger partial charge in [-0.2, -0.15) is 0 Å². The number of rotatable bonds is 9. The van der Waals surface area contributed by atoms with Crippen LogP contribution < -0.4 is 21.0 Å². The number of amides is 2. The van der Waals surface area contributed by atoms with Crippen molar-refractivity contribution in [2.24, 2.45) is 5.92 Å². The Morgan fingerprint density at radius 3 is 2.65 bits per heavy atom. The minimum Gasteiger partial charge on any atom is -0.484 e. The van der Waals surface area contributed by atoms with Gasteiger partial charge in [0, 0.05) is 17.0 Å². The Morgan fingerprint density at radius 2 is 1.94 bits per heavy atom. The topological polar surface area (TPSA) is 135 Å². The van der Waals surface area contributed by atoms with E-state index in [-0.39, 0.29) is 24.7 Å². The average Bonchev–Trinajstić information content (AvgIpc) is 3.24. The molecular formula is C22H26N2O7. The molecule has 3 rings (SSSR count). The molecule has 0 radical (unpaired) electrons. The molecule has 166 valence electrons. The first-order valence-corrected chi connectivity index (χ1v) is 10.3. The lowest BCUT2D eigenvalue weighted by Crippen LogP contribution is -2.48. The minimum atomic E-state index is -1.12. The standard InChI is InChI=1S/C22H26N2O7/c1-3-12(2)20(21(27)28)24-18(25)10-23-19(26)11-30-13-7-8-15-14-5-4-6-16(14)22(29)31-17(15)9-13/h7-9,12,20H,3-6,10-11H2,1-2H3,(H,23,26)(H,24,25)(H,27,28)/t12-,20-/m0/s1. The van der Waals surface area contributed by atoms with Gasteiger partial charge in [-0.1, -0.05) is 20.3 Å². The van der Waals surface area contributed by atoms with Crippen molar-refractivity contribution in [3.05, 3.63) is 39.7 Å². The van der Waals surface area contributed by atoms with Gasteiger partial charge in [0.05, 0.1) is 6.54 Å². The Labute approximate surface area is 178 Å². The maximum atomic E-state index is 12.1. The fraction of sp³-hybridized carbons (Fsp3) is 0.455. The smallest absolute Gasteiger partial charge is 0.339 e. The number of carbonyl (C=O) groups is 3. The number of carboxylic acid groups (broad SMARTS) is 1. The zero-order valence-corrected chi connectivity index (χ0v) is 17.5. The molecule has 2 aromatic rings. The predicted molar refractivity (Wildman–Crippen MR) is 112 cm³/mol. The molecule has 9 heteroatoms. The van der Waals surface area contributed by atoms with Crippen molar-refractivity contribution in [1.82, 2.24) is 10.6 Å². The maximum absolute atomic E-state index is 12.1. The van der Waals surface area contributed by atoms with Gasteiger partial charge < -0.3 is 24.9 Å². The molecule has 1 heterocycles. The van der Waals surface area contributed by atoms with Crippen LogP contribution in [0.1, 0.15) is 37.8 Å². The first-order chi connectivity index (χ1) is 14.8. The summed E-state index contributed by atoms with van der Waals surface area (Å²) >= 11 is 0. The van der Waals surface area contributed by atoms with E-state index in [0.29, 0.717) is 17.8 Å². The zero-order chi connectivity index (χ0) is 22.5. The van der Waals surface area contributed by atoms with Crippen LogP contribution in [0.25, 0.3) is 11.0 Å². The third kappa shape index (κ3) is 5.22. The van der Waals surface area contributed by atoms with E-state index in [4.69, 9.17) is 9.15 Å². The van der Waals surface area contributed by atoms with Crippen molar-refractivity contribution >= 4 is 28.8 Å². The van der Waals surface area contributed by atoms with Crippen LogP contribution in [-0.4, -0.2) is 42.1 Å². The van der Waals surface area contributed by atoms with Gasteiger partial charge in [0.2, 0.25) is 5.91 Å². The van der Waals surface area contributed by atoms with Crippen LogP contribution in [0.15, 0.2) is 27.4 Å². The van der Waals surface area contributed by atoms with Crippen LogP contribution in [0.2, 0.25) is 0 Å². The summed E-state index contributed by atoms with van der Waals surface area (Å²) in [5.74, 6) is -2.14. The van der Waals surface area contributed by atoms with Crippen LogP contribution in [0.5, 0.6) is 5.75 Å². The maximum Gasteiger partial charge on any atom is 0.339 e. The Kier molecular flexibility index (Phi) is 6.94. The number of hydrogen-bond acceptors (Lipinski definition) is 6. The normalized spacial score (nSPS) is 14.5. The minimum absolute atomic E-state index is 0.241. The van der Waals surface area contributed by atoms with Gasteiger partial charge in [-0.15, -0.1) is 0 Å². The number of carbonyl (C=O) groups excluding carboxylic acids is 2. The number of nitrogens with one attached hydrogen (secondary N) is 2. The Morgan fingerprint density at radius 1 is 1.19 bits per heavy atom. The third-order valence-corrected chi connectivity index (χ3v) is 5.56. The van der Waals surface area contributed by atoms with E-state index in [1.54, 1.807) is 19.1 Å². The van der Waals surface area contributed by atoms with Crippen LogP contribution in [0, 0.1) is 5.92 Å². The van der Waals surface area contributed by atoms with Gasteiger partial charge in [-0.25, -0.2) is 9.59 Å². The highest BCUT2D eigenvalue weighted by molar-refractivity contribution is 5.88. The monoisotopic (exact) mass is 430 g/mol. The quantitative estimate of drug-likeness (QED) is 0.512. The molecule has 0 saturated carbocycles. The van der Waals surface area contributed by atoms with Crippen molar-refractivity contribution in [1.29, 1.82) is 0 Å². The van der Waals surface area contributed by atoms with E-state index in [9.17, 15) is 24.3 Å². The lowest BCUT2D eigenvalue weighted by atomic mass is 9.99. The number of aryl methyl sites for hydroxylation is 1. The number of fused-ring (bicyclic) bond motifs is 3. The molecule has 0 saturated heterocycles. The van der Waals surface area contributed by atoms with Crippen LogP contribution in [-0.2, 0) is 27.2 Å². The molecule has 31 heavy (non-hydrogen) atoms. The van der Waals surface area contributed by atoms with Gasteiger partial charge in [0.1, 0.15) is 17.4 Å². The van der Waals surface area contributed by atoms with Gasteiger partial charge >= 0.3 is 11.6 Å². The SMILES string of the molecule is CC[C@H](C)[C@H](NC(=O)CNC(=O)COc1ccc2c3c(c(=O)oc2c1)CCC3)C(=O)O. The fourth-order valence-corrected chi connectivity index (χ4v) is 3.64. The highest BCUT2D eigenvalue weighted by Gasteiger charge is 2.25. The lowest BCUT2D eigenvalue weighted by Gasteiger charge is -2.20. The van der Waals surface area contributed by atoms with Crippen molar-refractivity contribution < 1.29 is 28.6 Å². The molecule has 0 fully saturated rings. The van der Waals surface area contributed by atoms with Gasteiger partial charge in [0.15, 0.2) is 6.61 Å². The molecule has 3 N–H and O–H groups in total. The highest BCUT2D eigenvalue weighted by Crippen LogP contribution is 2.29. The molecular weight excluding hydrogens is 404 g/mol. The number of aliphatic carboxylic acids is 1. The second-order valence-electron chi connectivity index (χ2n) is 7.69. The van der Waals surface area contributed by atoms with Crippen molar-refractivity contribution in [3.8, 4) is 5.75 Å². The van der Waals surface area contributed by atoms with E-state index in [2.05, 4.69) is 10.6 Å². The zero-order valence-electron chi connectivity index (χ0n) is 17.5. The molecule has 1 aromatic carbocycles. The summed E-state index contributed by atoms with van der Waals surface area (Å²) < 4.78 is 10.8. The number of carboxylic acids is 1. The molecule has 1 aliphatic rings. The summed E-state index contributed by atoms with van der Waals surface area (Å²) in [6.07, 6.45) is 3.08. The van der Waals surface area contributed by atoms with E-state index < -0.39 is 23.8 Å². The van der Waals surface area contributed by atoms with Crippen LogP contribution >= 0.6 is 0 Å². The largest absolute Gasteiger partial charge is 0.484 e. The van der Waals surface area contributed by atoms with Gasteiger partial charge in [0.25, 0.3) is 5.91 Å². The lowest BCUT2D eigenvalue weighted by molar-refractivity contribution is -0.143. The van der Waals surface area contributed by atoms with Gasteiger partial charge in [-0.3, -0.25) is 9.59 Å². The Balaban J connectivity index is 1.53. The summed E-state index contributed by atoms with van der Waals surface area (Å²) in [5, 5.41) is 14.9. The van der Waals surface area contributed by atoms with E-state index >= 15 is 0 Å². The Bertz CT molecular complexity index is 1060. The summed E-state index contributed by atoms with van der Waals surface area (Å²) in [5.41, 5.74) is 1.82. The number of ether oxygens (including phenoxy) is 1. The third-order valence-electron chi connectivity index (χ3n) is 5.56. The van der Waals surface area contributed by atoms with E-state index in [1.807, 2.05) is 13.0 Å². The van der Waals surface area contributed by atoms with E-state index in [1.165, 1.54) is 0 Å². The van der Waals surface area contributed by atoms with Crippen LogP contribution in [0.4, 0.5) is 0 Å². The molecule has 0 aliphatic heterocycles. The Hall–Kier alpha value is -3.36. The van der Waals surface area contributed by atoms with Gasteiger partial charge in [-0.05, 0) is 42.9 Å². The second-order valence-corrected chi connectivity index (χ2v) is 7.69. The summed E-state index contributed by atoms with van der Waals surface area (Å²) in [7, 11) is 0. The van der Waals surface area contributed by atoms with Crippen molar-refractivity contribution in [2.75, 3.05) is 13.2 Å². The summed E-state index contributed by atoms with van der Waals surface area (Å²) in [4.78, 5) is 47.3. The summed E-state index contributed by atoms with van der Waals surface area (Å²) in [6.45, 7) is 2.85. The average molecular weight is 430 g/mol. The fourth-order valence-electron chi connectivity index (χ4n) is 3.64. The molecule has 0 bridgehead atoms. The molecule has 9 nitrogen and oxygen atoms in total. The molecule has 1 aliphatic carbocycles. The second kappa shape index (κ2) is 9.63. The molecule has 0 spiro atoms. The first kappa shape index (κ1) is 22.3. The first-order valence-electron chi connectivity index (χ1n) is 10.3.